The van der Waals surface area contributed by atoms with Crippen LogP contribution in [-0.2, 0) is 11.4 Å². The third-order valence-electron chi connectivity index (χ3n) is 2.80. The van der Waals surface area contributed by atoms with Crippen LogP contribution >= 0.6 is 0 Å². The molecule has 0 atom stereocenters. The Kier molecular flexibility index (Phi) is 4.51. The van der Waals surface area contributed by atoms with Gasteiger partial charge in [-0.3, -0.25) is 4.79 Å². The lowest BCUT2D eigenvalue weighted by Gasteiger charge is -2.09. The first-order valence-corrected chi connectivity index (χ1v) is 6.19. The number of ether oxygens (including phenoxy) is 1. The Hall–Kier alpha value is -2.35. The molecule has 0 saturated heterocycles. The molecular weight excluding hydrogens is 236 g/mol. The summed E-state index contributed by atoms with van der Waals surface area (Å²) in [5.74, 6) is 0.868. The first kappa shape index (κ1) is 13.1. The van der Waals surface area contributed by atoms with E-state index in [1.807, 2.05) is 55.5 Å². The smallest absolute Gasteiger partial charge is 0.142 e. The number of carbonyl (C=O) groups is 1. The summed E-state index contributed by atoms with van der Waals surface area (Å²) < 4.78 is 5.79. The molecular formula is C17H16O2. The number of hydrogen-bond donors (Lipinski definition) is 0. The maximum absolute atomic E-state index is 10.3. The van der Waals surface area contributed by atoms with Crippen LogP contribution in [0.1, 0.15) is 16.7 Å². The summed E-state index contributed by atoms with van der Waals surface area (Å²) in [6.07, 6.45) is 4.04. The standard InChI is InChI=1S/C17H16O2/c1-14-12-15(8-5-11-18)9-10-17(14)19-13-16-6-3-2-4-7-16/h2-12H,13H2,1H3. The summed E-state index contributed by atoms with van der Waals surface area (Å²) in [5.41, 5.74) is 3.20. The molecule has 0 aliphatic rings. The number of hydrogen-bond acceptors (Lipinski definition) is 2. The van der Waals surface area contributed by atoms with E-state index in [0.29, 0.717) is 6.61 Å². The van der Waals surface area contributed by atoms with Crippen molar-refractivity contribution in [3.63, 3.8) is 0 Å². The summed E-state index contributed by atoms with van der Waals surface area (Å²) in [6, 6.07) is 15.9. The van der Waals surface area contributed by atoms with E-state index < -0.39 is 0 Å². The van der Waals surface area contributed by atoms with Crippen LogP contribution in [0.4, 0.5) is 0 Å². The highest BCUT2D eigenvalue weighted by Crippen LogP contribution is 2.21. The fourth-order valence-corrected chi connectivity index (χ4v) is 1.82. The van der Waals surface area contributed by atoms with E-state index in [0.717, 1.165) is 28.7 Å². The second-order valence-electron chi connectivity index (χ2n) is 4.29. The van der Waals surface area contributed by atoms with Gasteiger partial charge >= 0.3 is 0 Å². The molecule has 2 nitrogen and oxygen atoms in total. The minimum absolute atomic E-state index is 0.561. The Bertz CT molecular complexity index is 571. The number of aryl methyl sites for hydroxylation is 1. The van der Waals surface area contributed by atoms with Crippen LogP contribution in [0.25, 0.3) is 6.08 Å². The average Bonchev–Trinajstić information content (AvgIpc) is 2.45. The Morgan fingerprint density at radius 1 is 1.11 bits per heavy atom. The molecule has 2 rings (SSSR count). The molecule has 0 saturated carbocycles. The third-order valence-corrected chi connectivity index (χ3v) is 2.80. The maximum Gasteiger partial charge on any atom is 0.142 e. The van der Waals surface area contributed by atoms with Gasteiger partial charge in [-0.05, 0) is 41.8 Å². The average molecular weight is 252 g/mol. The van der Waals surface area contributed by atoms with Gasteiger partial charge in [0.25, 0.3) is 0 Å². The number of carbonyl (C=O) groups excluding carboxylic acids is 1. The van der Waals surface area contributed by atoms with Crippen molar-refractivity contribution in [1.29, 1.82) is 0 Å². The van der Waals surface area contributed by atoms with Crippen molar-refractivity contribution in [1.82, 2.24) is 0 Å². The fraction of sp³-hybridized carbons (Fsp3) is 0.118. The maximum atomic E-state index is 10.3. The monoisotopic (exact) mass is 252 g/mol. The summed E-state index contributed by atoms with van der Waals surface area (Å²) in [5, 5.41) is 0. The molecule has 19 heavy (non-hydrogen) atoms. The molecule has 0 aliphatic carbocycles. The van der Waals surface area contributed by atoms with E-state index in [2.05, 4.69) is 0 Å². The van der Waals surface area contributed by atoms with E-state index in [4.69, 9.17) is 4.74 Å². The van der Waals surface area contributed by atoms with Crippen LogP contribution in [0.5, 0.6) is 5.75 Å². The second-order valence-corrected chi connectivity index (χ2v) is 4.29. The van der Waals surface area contributed by atoms with E-state index in [-0.39, 0.29) is 0 Å². The first-order valence-electron chi connectivity index (χ1n) is 6.19. The molecule has 0 aromatic heterocycles. The summed E-state index contributed by atoms with van der Waals surface area (Å²) in [4.78, 5) is 10.3. The lowest BCUT2D eigenvalue weighted by atomic mass is 10.1. The van der Waals surface area contributed by atoms with Crippen molar-refractivity contribution in [3.05, 3.63) is 71.3 Å². The largest absolute Gasteiger partial charge is 0.489 e. The van der Waals surface area contributed by atoms with Gasteiger partial charge in [-0.25, -0.2) is 0 Å². The van der Waals surface area contributed by atoms with Crippen molar-refractivity contribution < 1.29 is 9.53 Å². The molecule has 0 bridgehead atoms. The van der Waals surface area contributed by atoms with Gasteiger partial charge in [0.2, 0.25) is 0 Å². The molecule has 0 spiro atoms. The van der Waals surface area contributed by atoms with Gasteiger partial charge in [0.05, 0.1) is 0 Å². The molecule has 0 N–H and O–H groups in total. The second kappa shape index (κ2) is 6.55. The number of rotatable bonds is 5. The predicted octanol–water partition coefficient (Wildman–Crippen LogP) is 3.79. The SMILES string of the molecule is Cc1cc(C=CC=O)ccc1OCc1ccccc1. The van der Waals surface area contributed by atoms with Gasteiger partial charge in [-0.15, -0.1) is 0 Å². The quantitative estimate of drug-likeness (QED) is 0.598. The van der Waals surface area contributed by atoms with Gasteiger partial charge in [0, 0.05) is 0 Å². The molecule has 0 unspecified atom stereocenters. The van der Waals surface area contributed by atoms with E-state index in [9.17, 15) is 4.79 Å². The lowest BCUT2D eigenvalue weighted by molar-refractivity contribution is -0.104. The number of aldehydes is 1. The number of allylic oxidation sites excluding steroid dienone is 1. The zero-order chi connectivity index (χ0) is 13.5. The number of benzene rings is 2. The van der Waals surface area contributed by atoms with Crippen LogP contribution in [0.2, 0.25) is 0 Å². The van der Waals surface area contributed by atoms with Gasteiger partial charge in [-0.1, -0.05) is 42.5 Å². The highest BCUT2D eigenvalue weighted by Gasteiger charge is 2.00. The Labute approximate surface area is 113 Å². The van der Waals surface area contributed by atoms with Crippen molar-refractivity contribution in [2.24, 2.45) is 0 Å². The van der Waals surface area contributed by atoms with Gasteiger partial charge in [-0.2, -0.15) is 0 Å². The van der Waals surface area contributed by atoms with Gasteiger partial charge < -0.3 is 4.74 Å². The molecule has 0 aliphatic heterocycles. The Morgan fingerprint density at radius 3 is 2.58 bits per heavy atom. The summed E-state index contributed by atoms with van der Waals surface area (Å²) >= 11 is 0. The van der Waals surface area contributed by atoms with Crippen molar-refractivity contribution in [2.75, 3.05) is 0 Å². The zero-order valence-corrected chi connectivity index (χ0v) is 10.9. The molecule has 0 heterocycles. The Morgan fingerprint density at radius 2 is 1.89 bits per heavy atom. The first-order chi connectivity index (χ1) is 9.29. The molecule has 2 heteroatoms. The topological polar surface area (TPSA) is 26.3 Å². The Balaban J connectivity index is 2.05. The van der Waals surface area contributed by atoms with Crippen LogP contribution in [-0.4, -0.2) is 6.29 Å². The van der Waals surface area contributed by atoms with Gasteiger partial charge in [0.1, 0.15) is 18.6 Å². The van der Waals surface area contributed by atoms with Crippen molar-refractivity contribution in [3.8, 4) is 5.75 Å². The van der Waals surface area contributed by atoms with Crippen LogP contribution in [0.15, 0.2) is 54.6 Å². The van der Waals surface area contributed by atoms with E-state index in [1.165, 1.54) is 6.08 Å². The van der Waals surface area contributed by atoms with E-state index >= 15 is 0 Å². The molecule has 0 amide bonds. The zero-order valence-electron chi connectivity index (χ0n) is 10.9. The molecule has 0 radical (unpaired) electrons. The van der Waals surface area contributed by atoms with Crippen molar-refractivity contribution in [2.45, 2.75) is 13.5 Å². The molecule has 96 valence electrons. The predicted molar refractivity (Wildman–Crippen MR) is 77.1 cm³/mol. The minimum atomic E-state index is 0.561. The fourth-order valence-electron chi connectivity index (χ4n) is 1.82. The lowest BCUT2D eigenvalue weighted by Crippen LogP contribution is -1.96. The molecule has 2 aromatic rings. The van der Waals surface area contributed by atoms with Crippen molar-refractivity contribution >= 4 is 12.4 Å². The molecule has 0 fully saturated rings. The van der Waals surface area contributed by atoms with Crippen LogP contribution in [0.3, 0.4) is 0 Å². The van der Waals surface area contributed by atoms with Crippen LogP contribution < -0.4 is 4.74 Å². The normalized spacial score (nSPS) is 10.6. The third kappa shape index (κ3) is 3.81. The van der Waals surface area contributed by atoms with Gasteiger partial charge in [0.15, 0.2) is 0 Å². The summed E-state index contributed by atoms with van der Waals surface area (Å²) in [7, 11) is 0. The highest BCUT2D eigenvalue weighted by molar-refractivity contribution is 5.74. The highest BCUT2D eigenvalue weighted by atomic mass is 16.5. The minimum Gasteiger partial charge on any atom is -0.489 e. The summed E-state index contributed by atoms with van der Waals surface area (Å²) in [6.45, 7) is 2.56. The molecule has 2 aromatic carbocycles. The van der Waals surface area contributed by atoms with E-state index in [1.54, 1.807) is 6.08 Å². The van der Waals surface area contributed by atoms with Crippen LogP contribution in [0, 0.1) is 6.92 Å².